The molecule has 4 aromatic carbocycles. The fraction of sp³-hybridized carbons (Fsp3) is 0. The zero-order chi connectivity index (χ0) is 36.8. The Morgan fingerprint density at radius 3 is 1.15 bits per heavy atom. The van der Waals surface area contributed by atoms with Crippen molar-refractivity contribution >= 4 is 67.4 Å². The summed E-state index contributed by atoms with van der Waals surface area (Å²) in [5, 5.41) is 23.2. The zero-order valence-electron chi connectivity index (χ0n) is 28.3. The Morgan fingerprint density at radius 2 is 0.778 bits per heavy atom. The van der Waals surface area contributed by atoms with Crippen molar-refractivity contribution in [1.29, 1.82) is 0 Å². The average Bonchev–Trinajstić information content (AvgIpc) is 4.04. The number of fused-ring (bicyclic) bond motifs is 8. The van der Waals surface area contributed by atoms with Crippen LogP contribution in [0.15, 0.2) is 133 Å². The van der Waals surface area contributed by atoms with Crippen LogP contribution in [-0.4, -0.2) is 24.8 Å². The molecule has 0 radical (unpaired) electrons. The molecule has 0 amide bonds. The Morgan fingerprint density at radius 1 is 0.426 bits per heavy atom. The summed E-state index contributed by atoms with van der Waals surface area (Å²) in [4.78, 5) is 36.5. The lowest BCUT2D eigenvalue weighted by molar-refractivity contribution is -0.385. The highest BCUT2D eigenvalue weighted by molar-refractivity contribution is 7.24. The summed E-state index contributed by atoms with van der Waals surface area (Å²) in [5.41, 5.74) is 11.4. The number of H-pyrrole nitrogens is 1. The third kappa shape index (κ3) is 5.86. The van der Waals surface area contributed by atoms with E-state index in [0.717, 1.165) is 76.3 Å². The summed E-state index contributed by atoms with van der Waals surface area (Å²) in [5.74, 6) is 0. The Kier molecular flexibility index (Phi) is 8.06. The Bertz CT molecular complexity index is 2670. The van der Waals surface area contributed by atoms with Gasteiger partial charge < -0.3 is 4.98 Å². The normalized spacial score (nSPS) is 11.9. The fourth-order valence-electron chi connectivity index (χ4n) is 7.00. The van der Waals surface area contributed by atoms with E-state index in [4.69, 9.17) is 9.97 Å². The molecule has 0 saturated carbocycles. The molecule has 0 aliphatic carbocycles. The summed E-state index contributed by atoms with van der Waals surface area (Å²) in [6.07, 6.45) is 8.00. The van der Waals surface area contributed by atoms with Gasteiger partial charge in [0.1, 0.15) is 0 Å². The molecule has 2 aliphatic heterocycles. The maximum absolute atomic E-state index is 11.6. The second-order valence-corrected chi connectivity index (χ2v) is 13.8. The first-order valence-corrected chi connectivity index (χ1v) is 17.9. The second-order valence-electron chi connectivity index (χ2n) is 12.7. The summed E-state index contributed by atoms with van der Waals surface area (Å²) >= 11 is 1.67. The minimum atomic E-state index is -0.414. The molecule has 0 unspecified atom stereocenters. The Balaban J connectivity index is 1.45. The first-order valence-electron chi connectivity index (χ1n) is 17.1. The third-order valence-corrected chi connectivity index (χ3v) is 10.6. The molecule has 0 saturated heterocycles. The molecule has 0 spiro atoms. The quantitative estimate of drug-likeness (QED) is 0.134. The van der Waals surface area contributed by atoms with Crippen molar-refractivity contribution in [2.24, 2.45) is 0 Å². The fourth-order valence-corrected chi connectivity index (χ4v) is 8.16. The predicted octanol–water partition coefficient (Wildman–Crippen LogP) is 11.9. The maximum atomic E-state index is 11.6. The number of thiophene rings is 1. The van der Waals surface area contributed by atoms with Gasteiger partial charge in [-0.3, -0.25) is 20.2 Å². The predicted molar refractivity (Wildman–Crippen MR) is 217 cm³/mol. The van der Waals surface area contributed by atoms with Gasteiger partial charge in [-0.05, 0) is 95.1 Å². The first-order chi connectivity index (χ1) is 26.4. The highest BCUT2D eigenvalue weighted by Gasteiger charge is 2.20. The number of non-ortho nitro benzene ring substituents is 2. The molecule has 10 heteroatoms. The van der Waals surface area contributed by atoms with Crippen LogP contribution >= 0.6 is 11.3 Å². The minimum absolute atomic E-state index is 0.0114. The van der Waals surface area contributed by atoms with Crippen LogP contribution in [0.3, 0.4) is 0 Å². The van der Waals surface area contributed by atoms with E-state index in [0.29, 0.717) is 11.4 Å². The molecule has 3 aromatic heterocycles. The van der Waals surface area contributed by atoms with Crippen molar-refractivity contribution in [1.82, 2.24) is 15.0 Å². The van der Waals surface area contributed by atoms with Gasteiger partial charge in [0.2, 0.25) is 0 Å². The molecule has 8 bridgehead atoms. The lowest BCUT2D eigenvalue weighted by atomic mass is 10.0. The van der Waals surface area contributed by atoms with E-state index < -0.39 is 9.85 Å². The molecule has 54 heavy (non-hydrogen) atoms. The molecule has 9 nitrogen and oxygen atoms in total. The first kappa shape index (κ1) is 32.6. The van der Waals surface area contributed by atoms with Gasteiger partial charge in [0.25, 0.3) is 11.4 Å². The van der Waals surface area contributed by atoms with Gasteiger partial charge in [0.15, 0.2) is 0 Å². The average molecular weight is 722 g/mol. The van der Waals surface area contributed by atoms with Crippen LogP contribution in [0.2, 0.25) is 0 Å². The van der Waals surface area contributed by atoms with Crippen molar-refractivity contribution in [2.75, 3.05) is 0 Å². The smallest absolute Gasteiger partial charge is 0.269 e. The molecule has 7 aromatic rings. The van der Waals surface area contributed by atoms with Crippen LogP contribution in [0.4, 0.5) is 11.4 Å². The van der Waals surface area contributed by atoms with E-state index in [9.17, 15) is 20.2 Å². The standard InChI is InChI=1S/C44H27N5O4S/c50-48(51)31-15-11-29(12-16-31)41-33-19-20-34(45-33)42(30-13-17-32(18-14-30)49(52)53)36-22-24-38(47-36)44(28-9-5-2-6-10-28)40-26-25-39(54-40)43(27-7-3-1-4-8-27)37-23-21-35(41)46-37/h1-26,45H. The number of nitrogens with one attached hydrogen (secondary N) is 1. The topological polar surface area (TPSA) is 128 Å². The van der Waals surface area contributed by atoms with Gasteiger partial charge in [0, 0.05) is 67.0 Å². The maximum Gasteiger partial charge on any atom is 0.269 e. The van der Waals surface area contributed by atoms with Crippen LogP contribution in [-0.2, 0) is 0 Å². The number of benzene rings is 4. The van der Waals surface area contributed by atoms with Crippen LogP contribution in [0.25, 0.3) is 89.2 Å². The molecule has 5 heterocycles. The number of hydrogen-bond donors (Lipinski definition) is 1. The Labute approximate surface area is 312 Å². The van der Waals surface area contributed by atoms with Crippen molar-refractivity contribution in [2.45, 2.75) is 0 Å². The highest BCUT2D eigenvalue weighted by atomic mass is 32.1. The third-order valence-electron chi connectivity index (χ3n) is 9.49. The van der Waals surface area contributed by atoms with E-state index in [-0.39, 0.29) is 11.4 Å². The Hall–Kier alpha value is -7.30. The van der Waals surface area contributed by atoms with Crippen molar-refractivity contribution < 1.29 is 9.85 Å². The van der Waals surface area contributed by atoms with E-state index in [1.807, 2.05) is 72.8 Å². The van der Waals surface area contributed by atoms with Gasteiger partial charge >= 0.3 is 0 Å². The van der Waals surface area contributed by atoms with Crippen LogP contribution in [0.1, 0.15) is 22.8 Å². The lowest BCUT2D eigenvalue weighted by Crippen LogP contribution is -1.90. The van der Waals surface area contributed by atoms with E-state index >= 15 is 0 Å². The molecular formula is C44H27N5O4S. The molecule has 1 N–H and O–H groups in total. The van der Waals surface area contributed by atoms with Gasteiger partial charge in [-0.15, -0.1) is 11.3 Å². The van der Waals surface area contributed by atoms with Gasteiger partial charge in [-0.2, -0.15) is 0 Å². The van der Waals surface area contributed by atoms with Crippen LogP contribution < -0.4 is 0 Å². The van der Waals surface area contributed by atoms with Crippen molar-refractivity contribution in [3.05, 3.63) is 176 Å². The summed E-state index contributed by atoms with van der Waals surface area (Å²) in [6, 6.07) is 41.5. The van der Waals surface area contributed by atoms with Crippen LogP contribution in [0.5, 0.6) is 0 Å². The van der Waals surface area contributed by atoms with E-state index in [2.05, 4.69) is 41.4 Å². The number of nitrogens with zero attached hydrogens (tertiary/aromatic N) is 4. The molecule has 9 rings (SSSR count). The summed E-state index contributed by atoms with van der Waals surface area (Å²) in [6.45, 7) is 0. The number of nitro groups is 2. The minimum Gasteiger partial charge on any atom is -0.354 e. The zero-order valence-corrected chi connectivity index (χ0v) is 29.2. The number of aromatic amines is 1. The monoisotopic (exact) mass is 721 g/mol. The van der Waals surface area contributed by atoms with Gasteiger partial charge in [-0.25, -0.2) is 9.97 Å². The van der Waals surface area contributed by atoms with E-state index in [1.165, 1.54) is 24.3 Å². The molecular weight excluding hydrogens is 695 g/mol. The molecule has 0 atom stereocenters. The van der Waals surface area contributed by atoms with Gasteiger partial charge in [-0.1, -0.05) is 60.7 Å². The van der Waals surface area contributed by atoms with Crippen LogP contribution in [0, 0.1) is 20.2 Å². The van der Waals surface area contributed by atoms with E-state index in [1.54, 1.807) is 35.6 Å². The second kappa shape index (κ2) is 13.4. The molecule has 258 valence electrons. The number of rotatable bonds is 6. The largest absolute Gasteiger partial charge is 0.354 e. The number of nitro benzene ring substituents is 2. The van der Waals surface area contributed by atoms with Crippen molar-refractivity contribution in [3.8, 4) is 44.5 Å². The highest BCUT2D eigenvalue weighted by Crippen LogP contribution is 2.41. The lowest BCUT2D eigenvalue weighted by Gasteiger charge is -2.06. The number of hydrogen-bond acceptors (Lipinski definition) is 7. The SMILES string of the molecule is O=[N+]([O-])c1ccc(-c2c3nc(c(-c4ccccc4)c4ccc(s4)c(-c4ccccc4)c4nc(c(-c5ccc([N+](=O)[O-])cc5)c5ccc2[nH]5)C=C4)C=C3)cc1. The summed E-state index contributed by atoms with van der Waals surface area (Å²) < 4.78 is 2.07. The number of aromatic nitrogens is 3. The molecule has 0 fully saturated rings. The summed E-state index contributed by atoms with van der Waals surface area (Å²) in [7, 11) is 0. The molecule has 2 aliphatic rings. The van der Waals surface area contributed by atoms with Gasteiger partial charge in [0.05, 0.1) is 32.6 Å². The van der Waals surface area contributed by atoms with Crippen molar-refractivity contribution in [3.63, 3.8) is 0 Å².